The molecule has 0 saturated carbocycles. The average Bonchev–Trinajstić information content (AvgIpc) is 3.17. The summed E-state index contributed by atoms with van der Waals surface area (Å²) in [4.78, 5) is 17.0. The standard InChI is InChI=1S/C20H16N2O4S2/c1-25-12-5-3-11(4-6-12)10-22-19(24)17(28-20(22)27)16-14-9-13(26-2)7-8-15(14)21-18(16)23/h3-9,24H,10H2,1-2H3. The molecule has 142 valence electrons. The number of nitrogens with zero attached hydrogens (tertiary/aromatic N) is 2. The van der Waals surface area contributed by atoms with E-state index >= 15 is 0 Å². The lowest BCUT2D eigenvalue weighted by Crippen LogP contribution is -2.23. The van der Waals surface area contributed by atoms with Gasteiger partial charge in [-0.2, -0.15) is 0 Å². The predicted molar refractivity (Wildman–Crippen MR) is 108 cm³/mol. The van der Waals surface area contributed by atoms with E-state index in [0.29, 0.717) is 37.3 Å². The maximum Gasteiger partial charge on any atom is 0.279 e. The van der Waals surface area contributed by atoms with Crippen molar-refractivity contribution >= 4 is 35.0 Å². The zero-order valence-corrected chi connectivity index (χ0v) is 16.8. The zero-order valence-electron chi connectivity index (χ0n) is 15.1. The second kappa shape index (κ2) is 7.21. The second-order valence-corrected chi connectivity index (χ2v) is 7.77. The highest BCUT2D eigenvalue weighted by Gasteiger charge is 2.25. The van der Waals surface area contributed by atoms with Crippen molar-refractivity contribution in [1.82, 2.24) is 4.57 Å². The fraction of sp³-hybridized carbons (Fsp3) is 0.150. The summed E-state index contributed by atoms with van der Waals surface area (Å²) in [5.41, 5.74) is 1.29. The molecule has 1 aliphatic rings. The Morgan fingerprint density at radius 3 is 2.46 bits per heavy atom. The summed E-state index contributed by atoms with van der Waals surface area (Å²) >= 11 is 6.64. The molecule has 0 radical (unpaired) electrons. The molecule has 1 N–H and O–H groups in total. The number of benzene rings is 2. The fourth-order valence-corrected chi connectivity index (χ4v) is 4.39. The molecule has 3 aromatic rings. The molecule has 8 heteroatoms. The van der Waals surface area contributed by atoms with Crippen molar-refractivity contribution < 1.29 is 19.4 Å². The van der Waals surface area contributed by atoms with Gasteiger partial charge in [-0.15, -0.1) is 11.3 Å². The summed E-state index contributed by atoms with van der Waals surface area (Å²) in [6.07, 6.45) is 0. The van der Waals surface area contributed by atoms with Gasteiger partial charge in [0.2, 0.25) is 5.88 Å². The van der Waals surface area contributed by atoms with Gasteiger partial charge in [0.15, 0.2) is 3.95 Å². The molecule has 4 rings (SSSR count). The van der Waals surface area contributed by atoms with Crippen LogP contribution in [0.3, 0.4) is 0 Å². The maximum absolute atomic E-state index is 12.5. The third-order valence-electron chi connectivity index (χ3n) is 4.50. The van der Waals surface area contributed by atoms with E-state index in [0.717, 1.165) is 11.3 Å². The largest absolute Gasteiger partial charge is 0.497 e. The van der Waals surface area contributed by atoms with E-state index in [4.69, 9.17) is 21.7 Å². The monoisotopic (exact) mass is 412 g/mol. The number of rotatable bonds is 5. The molecule has 0 spiro atoms. The van der Waals surface area contributed by atoms with Gasteiger partial charge in [0.1, 0.15) is 16.4 Å². The summed E-state index contributed by atoms with van der Waals surface area (Å²) in [7, 11) is 3.16. The molecule has 0 fully saturated rings. The highest BCUT2D eigenvalue weighted by Crippen LogP contribution is 2.33. The smallest absolute Gasteiger partial charge is 0.279 e. The molecule has 0 unspecified atom stereocenters. The lowest BCUT2D eigenvalue weighted by Gasteiger charge is -2.07. The van der Waals surface area contributed by atoms with Crippen molar-refractivity contribution in [3.05, 3.63) is 67.4 Å². The molecular weight excluding hydrogens is 396 g/mol. The predicted octanol–water partition coefficient (Wildman–Crippen LogP) is 2.41. The normalized spacial score (nSPS) is 12.6. The first kappa shape index (κ1) is 18.4. The first-order valence-electron chi connectivity index (χ1n) is 8.39. The molecule has 0 saturated heterocycles. The minimum atomic E-state index is -0.397. The van der Waals surface area contributed by atoms with Crippen LogP contribution in [0.5, 0.6) is 17.4 Å². The van der Waals surface area contributed by atoms with Gasteiger partial charge >= 0.3 is 0 Å². The number of thiazole rings is 1. The van der Waals surface area contributed by atoms with E-state index in [9.17, 15) is 9.90 Å². The van der Waals surface area contributed by atoms with Crippen LogP contribution in [0, 0.1) is 3.95 Å². The summed E-state index contributed by atoms with van der Waals surface area (Å²) in [6, 6.07) is 12.7. The van der Waals surface area contributed by atoms with E-state index in [2.05, 4.69) is 4.99 Å². The lowest BCUT2D eigenvalue weighted by atomic mass is 10.1. The highest BCUT2D eigenvalue weighted by atomic mass is 32.1. The highest BCUT2D eigenvalue weighted by molar-refractivity contribution is 7.73. The Bertz CT molecular complexity index is 1260. The number of carbonyl (C=O) groups excluding carboxylic acids is 1. The number of fused-ring (bicyclic) bond motifs is 1. The minimum absolute atomic E-state index is 0.0416. The quantitative estimate of drug-likeness (QED) is 0.652. The number of hydrogen-bond acceptors (Lipinski definition) is 6. The molecule has 6 nitrogen and oxygen atoms in total. The molecule has 0 bridgehead atoms. The first-order chi connectivity index (χ1) is 13.5. The Kier molecular flexibility index (Phi) is 4.74. The van der Waals surface area contributed by atoms with Gasteiger partial charge in [0.05, 0.1) is 31.7 Å². The number of carbonyl (C=O) groups is 1. The van der Waals surface area contributed by atoms with Crippen molar-refractivity contribution in [2.75, 3.05) is 14.2 Å². The Labute approximate surface area is 169 Å². The number of aromatic hydroxyl groups is 1. The summed E-state index contributed by atoms with van der Waals surface area (Å²) in [6.45, 7) is 0.384. The van der Waals surface area contributed by atoms with Crippen molar-refractivity contribution in [2.45, 2.75) is 6.54 Å². The first-order valence-corrected chi connectivity index (χ1v) is 9.61. The molecule has 28 heavy (non-hydrogen) atoms. The van der Waals surface area contributed by atoms with Crippen LogP contribution in [0.15, 0.2) is 47.5 Å². The van der Waals surface area contributed by atoms with Crippen molar-refractivity contribution in [3.63, 3.8) is 0 Å². The van der Waals surface area contributed by atoms with Gasteiger partial charge in [-0.05, 0) is 48.1 Å². The summed E-state index contributed by atoms with van der Waals surface area (Å²) in [5, 5.41) is 12.0. The molecule has 2 aromatic carbocycles. The second-order valence-electron chi connectivity index (χ2n) is 6.13. The van der Waals surface area contributed by atoms with Crippen LogP contribution < -0.4 is 20.0 Å². The third-order valence-corrected chi connectivity index (χ3v) is 5.96. The van der Waals surface area contributed by atoms with Crippen LogP contribution >= 0.6 is 23.6 Å². The van der Waals surface area contributed by atoms with Gasteiger partial charge in [-0.1, -0.05) is 12.1 Å². The van der Waals surface area contributed by atoms with Crippen LogP contribution in [-0.4, -0.2) is 29.8 Å². The molecule has 1 aliphatic heterocycles. The number of amides is 1. The van der Waals surface area contributed by atoms with Gasteiger partial charge in [-0.3, -0.25) is 9.36 Å². The molecular formula is C20H16N2O4S2. The van der Waals surface area contributed by atoms with Crippen LogP contribution in [-0.2, 0) is 11.3 Å². The van der Waals surface area contributed by atoms with E-state index in [1.165, 1.54) is 11.3 Å². The van der Waals surface area contributed by atoms with Gasteiger partial charge in [0, 0.05) is 5.22 Å². The number of hydrogen-bond donors (Lipinski definition) is 1. The van der Waals surface area contributed by atoms with Crippen molar-refractivity contribution in [1.29, 1.82) is 0 Å². The molecule has 0 atom stereocenters. The Morgan fingerprint density at radius 1 is 1.11 bits per heavy atom. The lowest BCUT2D eigenvalue weighted by molar-refractivity contribution is -0.112. The van der Waals surface area contributed by atoms with Gasteiger partial charge < -0.3 is 14.6 Å². The van der Waals surface area contributed by atoms with E-state index in [1.54, 1.807) is 37.0 Å². The van der Waals surface area contributed by atoms with Crippen molar-refractivity contribution in [2.24, 2.45) is 4.99 Å². The summed E-state index contributed by atoms with van der Waals surface area (Å²) < 4.78 is 12.5. The topological polar surface area (TPSA) is 73.1 Å². The van der Waals surface area contributed by atoms with E-state index in [1.807, 2.05) is 24.3 Å². The Balaban J connectivity index is 1.81. The summed E-state index contributed by atoms with van der Waals surface area (Å²) in [5.74, 6) is 0.926. The Morgan fingerprint density at radius 2 is 1.79 bits per heavy atom. The molecule has 0 aliphatic carbocycles. The minimum Gasteiger partial charge on any atom is -0.497 e. The zero-order chi connectivity index (χ0) is 19.8. The molecule has 1 amide bonds. The third kappa shape index (κ3) is 3.10. The maximum atomic E-state index is 12.5. The Hall–Kier alpha value is -2.97. The van der Waals surface area contributed by atoms with Crippen LogP contribution in [0.25, 0.3) is 5.57 Å². The van der Waals surface area contributed by atoms with Crippen LogP contribution in [0.4, 0.5) is 0 Å². The van der Waals surface area contributed by atoms with Gasteiger partial charge in [-0.25, -0.2) is 4.99 Å². The van der Waals surface area contributed by atoms with Crippen molar-refractivity contribution in [3.8, 4) is 17.4 Å². The van der Waals surface area contributed by atoms with E-state index < -0.39 is 5.91 Å². The molecule has 1 aromatic heterocycles. The van der Waals surface area contributed by atoms with Crippen LogP contribution in [0.2, 0.25) is 0 Å². The van der Waals surface area contributed by atoms with E-state index in [-0.39, 0.29) is 5.88 Å². The molecule has 2 heterocycles. The van der Waals surface area contributed by atoms with Gasteiger partial charge in [0.25, 0.3) is 5.91 Å². The number of aromatic nitrogens is 1. The SMILES string of the molecule is COc1ccc(Cn2c(O)c(C3=c4cc(OC)ccc4=NC3=O)sc2=S)cc1. The average molecular weight is 412 g/mol. The number of ether oxygens (including phenoxy) is 2. The van der Waals surface area contributed by atoms with Crippen LogP contribution in [0.1, 0.15) is 10.4 Å². The fourth-order valence-electron chi connectivity index (χ4n) is 3.05. The number of methoxy groups -OCH3 is 2.